The summed E-state index contributed by atoms with van der Waals surface area (Å²) >= 11 is 5.47. The topological polar surface area (TPSA) is 17.1 Å². The summed E-state index contributed by atoms with van der Waals surface area (Å²) in [5.41, 5.74) is 0.0805. The van der Waals surface area contributed by atoms with Gasteiger partial charge in [-0.15, -0.1) is 0 Å². The van der Waals surface area contributed by atoms with Crippen molar-refractivity contribution in [1.82, 2.24) is 0 Å². The van der Waals surface area contributed by atoms with Crippen LogP contribution in [0.25, 0.3) is 0 Å². The average molecular weight is 223 g/mol. The van der Waals surface area contributed by atoms with Crippen LogP contribution in [0.15, 0.2) is 18.2 Å². The van der Waals surface area contributed by atoms with Gasteiger partial charge < -0.3 is 0 Å². The van der Waals surface area contributed by atoms with E-state index in [0.29, 0.717) is 0 Å². The molecule has 0 amide bonds. The van der Waals surface area contributed by atoms with Crippen molar-refractivity contribution in [1.29, 1.82) is 0 Å². The second-order valence-corrected chi connectivity index (χ2v) is 3.03. The molecule has 0 aromatic heterocycles. The maximum absolute atomic E-state index is 12.8. The van der Waals surface area contributed by atoms with E-state index in [9.17, 15) is 18.0 Å². The lowest BCUT2D eigenvalue weighted by Gasteiger charge is -2.03. The molecule has 1 nitrogen and oxygen atoms in total. The van der Waals surface area contributed by atoms with Gasteiger partial charge in [-0.3, -0.25) is 4.79 Å². The van der Waals surface area contributed by atoms with Crippen LogP contribution < -0.4 is 0 Å². The van der Waals surface area contributed by atoms with E-state index in [2.05, 4.69) is 0 Å². The average Bonchev–Trinajstić information content (AvgIpc) is 2.12. The fourth-order valence-corrected chi connectivity index (χ4v) is 1.14. The summed E-state index contributed by atoms with van der Waals surface area (Å²) in [6.07, 6.45) is -3.59. The lowest BCUT2D eigenvalue weighted by molar-refractivity contribution is -0.128. The molecule has 0 aliphatic carbocycles. The smallest absolute Gasteiger partial charge is 0.293 e. The predicted molar refractivity (Wildman–Crippen MR) is 46.1 cm³/mol. The van der Waals surface area contributed by atoms with Crippen molar-refractivity contribution >= 4 is 17.4 Å². The number of carbonyl (C=O) groups is 1. The molecule has 5 heteroatoms. The van der Waals surface area contributed by atoms with Crippen molar-refractivity contribution in [2.24, 2.45) is 0 Å². The molecule has 0 aliphatic heterocycles. The number of rotatable bonds is 3. The number of Topliss-reactive ketones (excluding diaryl/α,β-unsaturated/α-hetero) is 1. The van der Waals surface area contributed by atoms with E-state index in [4.69, 9.17) is 11.6 Å². The molecule has 76 valence electrons. The largest absolute Gasteiger partial charge is 0.296 e. The number of carbonyl (C=O) groups excluding carboxylic acids is 1. The summed E-state index contributed by atoms with van der Waals surface area (Å²) < 4.78 is 36.5. The van der Waals surface area contributed by atoms with Crippen LogP contribution in [0.4, 0.5) is 13.2 Å². The van der Waals surface area contributed by atoms with Gasteiger partial charge in [-0.25, -0.2) is 13.2 Å². The van der Waals surface area contributed by atoms with Gasteiger partial charge in [0.2, 0.25) is 5.78 Å². The molecule has 0 spiro atoms. The number of hydrogen-bond acceptors (Lipinski definition) is 1. The second kappa shape index (κ2) is 4.46. The Kier molecular flexibility index (Phi) is 3.52. The standard InChI is InChI=1S/C9H6ClF3O/c10-8-5(2-1-3-6(8)11)4-7(14)9(12)13/h1-3,9H,4H2. The summed E-state index contributed by atoms with van der Waals surface area (Å²) in [6, 6.07) is 3.75. The first kappa shape index (κ1) is 11.0. The fraction of sp³-hybridized carbons (Fsp3) is 0.222. The first-order valence-corrected chi connectivity index (χ1v) is 4.14. The first-order chi connectivity index (χ1) is 6.52. The highest BCUT2D eigenvalue weighted by molar-refractivity contribution is 6.31. The van der Waals surface area contributed by atoms with Crippen molar-refractivity contribution in [3.05, 3.63) is 34.6 Å². The van der Waals surface area contributed by atoms with E-state index in [1.165, 1.54) is 12.1 Å². The van der Waals surface area contributed by atoms with Gasteiger partial charge in [-0.1, -0.05) is 23.7 Å². The molecule has 0 fully saturated rings. The van der Waals surface area contributed by atoms with Crippen LogP contribution in [0.2, 0.25) is 5.02 Å². The summed E-state index contributed by atoms with van der Waals surface area (Å²) in [5, 5.41) is -0.276. The Morgan fingerprint density at radius 3 is 2.64 bits per heavy atom. The lowest BCUT2D eigenvalue weighted by Crippen LogP contribution is -2.13. The highest BCUT2D eigenvalue weighted by atomic mass is 35.5. The molecular formula is C9H6ClF3O. The second-order valence-electron chi connectivity index (χ2n) is 2.66. The van der Waals surface area contributed by atoms with Gasteiger partial charge in [-0.2, -0.15) is 0 Å². The Hall–Kier alpha value is -1.03. The van der Waals surface area contributed by atoms with Gasteiger partial charge in [-0.05, 0) is 11.6 Å². The zero-order valence-corrected chi connectivity index (χ0v) is 7.69. The van der Waals surface area contributed by atoms with Crippen LogP contribution in [0.3, 0.4) is 0 Å². The van der Waals surface area contributed by atoms with Crippen LogP contribution in [-0.2, 0) is 11.2 Å². The van der Waals surface area contributed by atoms with Crippen molar-refractivity contribution in [3.8, 4) is 0 Å². The third kappa shape index (κ3) is 2.48. The van der Waals surface area contributed by atoms with Gasteiger partial charge in [0.25, 0.3) is 6.43 Å². The highest BCUT2D eigenvalue weighted by Crippen LogP contribution is 2.20. The van der Waals surface area contributed by atoms with E-state index in [1.807, 2.05) is 0 Å². The predicted octanol–water partition coefficient (Wildman–Crippen LogP) is 2.86. The molecule has 0 atom stereocenters. The first-order valence-electron chi connectivity index (χ1n) is 3.76. The number of benzene rings is 1. The maximum Gasteiger partial charge on any atom is 0.296 e. The van der Waals surface area contributed by atoms with Crippen LogP contribution in [0.5, 0.6) is 0 Å². The van der Waals surface area contributed by atoms with Crippen molar-refractivity contribution in [2.45, 2.75) is 12.8 Å². The minimum absolute atomic E-state index is 0.0805. The molecule has 0 N–H and O–H groups in total. The molecule has 0 unspecified atom stereocenters. The van der Waals surface area contributed by atoms with Gasteiger partial charge >= 0.3 is 0 Å². The quantitative estimate of drug-likeness (QED) is 0.769. The SMILES string of the molecule is O=C(Cc1cccc(F)c1Cl)C(F)F. The molecule has 0 heterocycles. The monoisotopic (exact) mass is 222 g/mol. The third-order valence-corrected chi connectivity index (χ3v) is 2.06. The molecule has 1 aromatic carbocycles. The van der Waals surface area contributed by atoms with Crippen LogP contribution >= 0.6 is 11.6 Å². The van der Waals surface area contributed by atoms with E-state index >= 15 is 0 Å². The Morgan fingerprint density at radius 1 is 1.43 bits per heavy atom. The van der Waals surface area contributed by atoms with E-state index in [0.717, 1.165) is 6.07 Å². The lowest BCUT2D eigenvalue weighted by atomic mass is 10.1. The highest BCUT2D eigenvalue weighted by Gasteiger charge is 2.17. The molecule has 14 heavy (non-hydrogen) atoms. The van der Waals surface area contributed by atoms with Gasteiger partial charge in [0, 0.05) is 6.42 Å². The van der Waals surface area contributed by atoms with Crippen LogP contribution in [0.1, 0.15) is 5.56 Å². The molecule has 0 saturated carbocycles. The minimum Gasteiger partial charge on any atom is -0.293 e. The summed E-state index contributed by atoms with van der Waals surface area (Å²) in [4.78, 5) is 10.6. The van der Waals surface area contributed by atoms with Gasteiger partial charge in [0.15, 0.2) is 0 Å². The molecule has 0 radical (unpaired) electrons. The Labute approximate surface area is 83.5 Å². The van der Waals surface area contributed by atoms with Crippen molar-refractivity contribution in [3.63, 3.8) is 0 Å². The zero-order chi connectivity index (χ0) is 10.7. The number of alkyl halides is 2. The van der Waals surface area contributed by atoms with Crippen molar-refractivity contribution < 1.29 is 18.0 Å². The van der Waals surface area contributed by atoms with Crippen LogP contribution in [0, 0.1) is 5.82 Å². The minimum atomic E-state index is -3.05. The Balaban J connectivity index is 2.87. The molecule has 1 rings (SSSR count). The molecule has 0 bridgehead atoms. The number of hydrogen-bond donors (Lipinski definition) is 0. The van der Waals surface area contributed by atoms with E-state index in [1.54, 1.807) is 0 Å². The summed E-state index contributed by atoms with van der Waals surface area (Å²) in [7, 11) is 0. The molecular weight excluding hydrogens is 217 g/mol. The maximum atomic E-state index is 12.8. The zero-order valence-electron chi connectivity index (χ0n) is 6.94. The normalized spacial score (nSPS) is 10.6. The molecule has 0 aliphatic rings. The van der Waals surface area contributed by atoms with Gasteiger partial charge in [0.05, 0.1) is 5.02 Å². The summed E-state index contributed by atoms with van der Waals surface area (Å²) in [5.74, 6) is -1.98. The Morgan fingerprint density at radius 2 is 2.07 bits per heavy atom. The summed E-state index contributed by atoms with van der Waals surface area (Å²) in [6.45, 7) is 0. The Bertz CT molecular complexity index is 352. The fourth-order valence-electron chi connectivity index (χ4n) is 0.950. The van der Waals surface area contributed by atoms with Crippen LogP contribution in [-0.4, -0.2) is 12.2 Å². The van der Waals surface area contributed by atoms with E-state index < -0.39 is 24.4 Å². The number of halogens is 4. The third-order valence-electron chi connectivity index (χ3n) is 1.64. The molecule has 1 aromatic rings. The molecule has 0 saturated heterocycles. The van der Waals surface area contributed by atoms with Gasteiger partial charge in [0.1, 0.15) is 5.82 Å². The van der Waals surface area contributed by atoms with Crippen molar-refractivity contribution in [2.75, 3.05) is 0 Å². The van der Waals surface area contributed by atoms with E-state index in [-0.39, 0.29) is 10.6 Å². The number of ketones is 1.